The lowest BCUT2D eigenvalue weighted by Crippen LogP contribution is -1.88. The Bertz CT molecular complexity index is 2620. The van der Waals surface area contributed by atoms with E-state index in [4.69, 9.17) is 0 Å². The highest BCUT2D eigenvalue weighted by molar-refractivity contribution is 5.65. The lowest BCUT2D eigenvalue weighted by Gasteiger charge is -1.93. The molecule has 6 heterocycles. The van der Waals surface area contributed by atoms with Crippen molar-refractivity contribution in [2.24, 2.45) is 0 Å². The second-order valence-corrected chi connectivity index (χ2v) is 19.0. The molecule has 7 aromatic rings. The van der Waals surface area contributed by atoms with E-state index in [0.29, 0.717) is 0 Å². The molecular weight excluding hydrogens is 1020 g/mol. The van der Waals surface area contributed by atoms with Crippen LogP contribution < -0.4 is 0 Å². The number of pyridine rings is 4. The zero-order valence-electron chi connectivity index (χ0n) is 55.6. The number of benzene rings is 1. The number of aromatic nitrogens is 8. The molecule has 14 rings (SSSR count). The standard InChI is InChI=1S/C10H10.4C9H9N.2C8H8N2.7C2H6/c1-8-6-9-4-2-3-5-10(9)7-8;2*1-7-4-8-2-3-10-6-9(8)5-7;2*1-7-5-8-3-2-4-10-9(8)6-7;2*1-6-2-7-4-9-5-10-8(7)3-6;7*1-2/h2-6H,7H2,1H3;2-3,5-6H,4H2,1H3;2*2-4,6H,5H2,1H3;2-5H,6H2,1H3;3-5H,2H2,1H3;2,4-5H,3H2,1H3;7*1-2H3. The van der Waals surface area contributed by atoms with Crippen LogP contribution in [-0.2, 0) is 44.9 Å². The molecule has 6 aromatic heterocycles. The van der Waals surface area contributed by atoms with Crippen LogP contribution in [0.25, 0.3) is 42.5 Å². The largest absolute Gasteiger partial charge is 0.264 e. The zero-order chi connectivity index (χ0) is 62.8. The first-order valence-electron chi connectivity index (χ1n) is 31.1. The third-order valence-corrected chi connectivity index (χ3v) is 12.5. The van der Waals surface area contributed by atoms with E-state index in [9.17, 15) is 0 Å². The molecule has 0 N–H and O–H groups in total. The van der Waals surface area contributed by atoms with Gasteiger partial charge in [-0.05, 0) is 161 Å². The highest BCUT2D eigenvalue weighted by Crippen LogP contribution is 2.27. The lowest BCUT2D eigenvalue weighted by molar-refractivity contribution is 1.03. The quantitative estimate of drug-likeness (QED) is 0.148. The van der Waals surface area contributed by atoms with Gasteiger partial charge in [-0.15, -0.1) is 0 Å². The van der Waals surface area contributed by atoms with Crippen molar-refractivity contribution >= 4 is 42.5 Å². The summed E-state index contributed by atoms with van der Waals surface area (Å²) in [6.07, 6.45) is 40.9. The molecule has 1 aromatic carbocycles. The number of fused-ring (bicyclic) bond motifs is 7. The van der Waals surface area contributed by atoms with Gasteiger partial charge in [0.25, 0.3) is 0 Å². The van der Waals surface area contributed by atoms with Gasteiger partial charge < -0.3 is 0 Å². The van der Waals surface area contributed by atoms with Gasteiger partial charge in [0.1, 0.15) is 12.7 Å². The first-order chi connectivity index (χ1) is 41.0. The summed E-state index contributed by atoms with van der Waals surface area (Å²) in [5.74, 6) is 0. The van der Waals surface area contributed by atoms with E-state index < -0.39 is 0 Å². The molecule has 8 heteroatoms. The number of hydrogen-bond donors (Lipinski definition) is 0. The van der Waals surface area contributed by atoms with Crippen LogP contribution in [0.3, 0.4) is 0 Å². The Morgan fingerprint density at radius 2 is 0.631 bits per heavy atom. The van der Waals surface area contributed by atoms with E-state index in [-0.39, 0.29) is 0 Å². The molecule has 0 atom stereocenters. The molecule has 84 heavy (non-hydrogen) atoms. The van der Waals surface area contributed by atoms with E-state index in [1.165, 1.54) is 100 Å². The normalized spacial score (nSPS) is 12.8. The molecule has 448 valence electrons. The minimum absolute atomic E-state index is 0.998. The smallest absolute Gasteiger partial charge is 0.116 e. The fourth-order valence-corrected chi connectivity index (χ4v) is 9.20. The molecule has 7 aliphatic carbocycles. The molecule has 0 spiro atoms. The van der Waals surface area contributed by atoms with Crippen LogP contribution in [0.5, 0.6) is 0 Å². The summed E-state index contributed by atoms with van der Waals surface area (Å²) < 4.78 is 0. The van der Waals surface area contributed by atoms with Crippen molar-refractivity contribution < 1.29 is 0 Å². The summed E-state index contributed by atoms with van der Waals surface area (Å²) in [6.45, 7) is 43.0. The van der Waals surface area contributed by atoms with Crippen molar-refractivity contribution in [2.75, 3.05) is 0 Å². The highest BCUT2D eigenvalue weighted by atomic mass is 14.8. The van der Waals surface area contributed by atoms with Crippen LogP contribution in [0.15, 0.2) is 162 Å². The van der Waals surface area contributed by atoms with Gasteiger partial charge in [0.2, 0.25) is 0 Å². The van der Waals surface area contributed by atoms with Crippen molar-refractivity contribution in [3.63, 3.8) is 0 Å². The summed E-state index contributed by atoms with van der Waals surface area (Å²) in [5.41, 5.74) is 27.9. The second kappa shape index (κ2) is 43.8. The van der Waals surface area contributed by atoms with Gasteiger partial charge in [0.05, 0.1) is 22.8 Å². The fourth-order valence-electron chi connectivity index (χ4n) is 9.20. The highest BCUT2D eigenvalue weighted by Gasteiger charge is 2.13. The fraction of sp³-hybridized carbons (Fsp3) is 0.368. The number of rotatable bonds is 0. The van der Waals surface area contributed by atoms with Gasteiger partial charge in [0, 0.05) is 73.5 Å². The van der Waals surface area contributed by atoms with Gasteiger partial charge in [-0.2, -0.15) is 0 Å². The summed E-state index contributed by atoms with van der Waals surface area (Å²) in [6, 6.07) is 20.9. The third kappa shape index (κ3) is 25.3. The maximum atomic E-state index is 4.26. The van der Waals surface area contributed by atoms with Crippen LogP contribution in [0, 0.1) is 0 Å². The minimum Gasteiger partial charge on any atom is -0.264 e. The van der Waals surface area contributed by atoms with E-state index in [0.717, 1.165) is 62.0 Å². The van der Waals surface area contributed by atoms with Gasteiger partial charge in [-0.25, -0.2) is 19.9 Å². The van der Waals surface area contributed by atoms with Gasteiger partial charge in [-0.1, -0.05) is 203 Å². The molecule has 0 amide bonds. The van der Waals surface area contributed by atoms with Crippen molar-refractivity contribution in [1.29, 1.82) is 0 Å². The van der Waals surface area contributed by atoms with Crippen LogP contribution in [0.2, 0.25) is 0 Å². The predicted octanol–water partition coefficient (Wildman–Crippen LogP) is 20.9. The summed E-state index contributed by atoms with van der Waals surface area (Å²) in [5, 5.41) is 0. The Balaban J connectivity index is 0.000000473. The summed E-state index contributed by atoms with van der Waals surface area (Å²) in [4.78, 5) is 32.7. The molecule has 0 fully saturated rings. The third-order valence-electron chi connectivity index (χ3n) is 12.5. The average Bonchev–Trinajstić information content (AvgIpc) is 4.59. The van der Waals surface area contributed by atoms with Gasteiger partial charge >= 0.3 is 0 Å². The topological polar surface area (TPSA) is 103 Å². The van der Waals surface area contributed by atoms with Crippen LogP contribution in [-0.4, -0.2) is 39.9 Å². The Morgan fingerprint density at radius 3 is 1.20 bits per heavy atom. The maximum absolute atomic E-state index is 4.26. The molecule has 0 radical (unpaired) electrons. The van der Waals surface area contributed by atoms with Crippen molar-refractivity contribution in [3.8, 4) is 0 Å². The van der Waals surface area contributed by atoms with Crippen LogP contribution >= 0.6 is 0 Å². The molecule has 0 saturated heterocycles. The van der Waals surface area contributed by atoms with E-state index in [1.54, 1.807) is 12.7 Å². The molecule has 0 unspecified atom stereocenters. The SMILES string of the molecule is CC.CC.CC.CC.CC.CC.CC.CC1=Cc2ccccc2C1.CC1=Cc2cccnc2C1.CC1=Cc2ccncc2C1.CC1=Cc2cnccc2C1.CC1=Cc2cncnc2C1.CC1=Cc2ncccc2C1.CC1=Cc2ncncc2C1. The Morgan fingerprint density at radius 1 is 0.250 bits per heavy atom. The number of allylic oxidation sites excluding steroid dienone is 7. The minimum atomic E-state index is 0.998. The van der Waals surface area contributed by atoms with Gasteiger partial charge in [-0.3, -0.25) is 19.9 Å². The monoisotopic (exact) mass is 1130 g/mol. The average molecular weight is 1130 g/mol. The van der Waals surface area contributed by atoms with Crippen molar-refractivity contribution in [2.45, 2.75) is 190 Å². The molecule has 8 nitrogen and oxygen atoms in total. The van der Waals surface area contributed by atoms with Crippen molar-refractivity contribution in [1.82, 2.24) is 39.9 Å². The van der Waals surface area contributed by atoms with Crippen LogP contribution in [0.4, 0.5) is 0 Å². The molecule has 0 aliphatic heterocycles. The number of nitrogens with zero attached hydrogens (tertiary/aromatic N) is 8. The van der Waals surface area contributed by atoms with Gasteiger partial charge in [0.15, 0.2) is 0 Å². The van der Waals surface area contributed by atoms with E-state index in [2.05, 4.69) is 179 Å². The Hall–Kier alpha value is -7.84. The Kier molecular flexibility index (Phi) is 38.7. The summed E-state index contributed by atoms with van der Waals surface area (Å²) in [7, 11) is 0. The van der Waals surface area contributed by atoms with Crippen LogP contribution in [0.1, 0.15) is 224 Å². The maximum Gasteiger partial charge on any atom is 0.116 e. The van der Waals surface area contributed by atoms with Crippen molar-refractivity contribution in [3.05, 3.63) is 240 Å². The molecular formula is C76H104N8. The second-order valence-electron chi connectivity index (χ2n) is 19.0. The first kappa shape index (κ1) is 74.2. The molecule has 0 saturated carbocycles. The zero-order valence-corrected chi connectivity index (χ0v) is 55.6. The lowest BCUT2D eigenvalue weighted by atomic mass is 10.1. The summed E-state index contributed by atoms with van der Waals surface area (Å²) >= 11 is 0. The first-order valence-corrected chi connectivity index (χ1v) is 31.1. The Labute approximate surface area is 510 Å². The number of hydrogen-bond acceptors (Lipinski definition) is 8. The van der Waals surface area contributed by atoms with E-state index >= 15 is 0 Å². The van der Waals surface area contributed by atoms with E-state index in [1.807, 2.05) is 159 Å². The molecule has 7 aliphatic rings. The molecule has 0 bridgehead atoms. The predicted molar refractivity (Wildman–Crippen MR) is 368 cm³/mol.